The van der Waals surface area contributed by atoms with Gasteiger partial charge in [0.05, 0.1) is 6.21 Å². The number of halogens is 2. The summed E-state index contributed by atoms with van der Waals surface area (Å²) in [5.74, 6) is -2.23. The lowest BCUT2D eigenvalue weighted by Crippen LogP contribution is -2.32. The lowest BCUT2D eigenvalue weighted by Gasteiger charge is -2.12. The third kappa shape index (κ3) is 5.60. The largest absolute Gasteiger partial charge is 0.488 e. The van der Waals surface area contributed by atoms with Crippen LogP contribution in [0.5, 0.6) is 5.75 Å². The minimum Gasteiger partial charge on any atom is -0.488 e. The third-order valence-electron chi connectivity index (χ3n) is 4.91. The number of rotatable bonds is 6. The van der Waals surface area contributed by atoms with E-state index in [9.17, 15) is 18.4 Å². The summed E-state index contributed by atoms with van der Waals surface area (Å²) in [4.78, 5) is 24.2. The molecule has 0 aliphatic rings. The van der Waals surface area contributed by atoms with Gasteiger partial charge in [0.15, 0.2) is 0 Å². The van der Waals surface area contributed by atoms with Crippen LogP contribution < -0.4 is 15.5 Å². The number of nitrogens with zero attached hydrogens (tertiary/aromatic N) is 1. The fourth-order valence-corrected chi connectivity index (χ4v) is 3.20. The number of anilines is 1. The van der Waals surface area contributed by atoms with Crippen LogP contribution in [0.1, 0.15) is 11.1 Å². The molecule has 34 heavy (non-hydrogen) atoms. The number of hydrogen-bond donors (Lipinski definition) is 2. The molecule has 4 rings (SSSR count). The molecule has 6 nitrogen and oxygen atoms in total. The molecule has 0 aromatic heterocycles. The fourth-order valence-electron chi connectivity index (χ4n) is 3.20. The van der Waals surface area contributed by atoms with Crippen molar-refractivity contribution in [3.63, 3.8) is 0 Å². The molecule has 0 saturated carbocycles. The van der Waals surface area contributed by atoms with Crippen molar-refractivity contribution >= 4 is 34.5 Å². The molecule has 0 fully saturated rings. The predicted molar refractivity (Wildman–Crippen MR) is 125 cm³/mol. The van der Waals surface area contributed by atoms with Gasteiger partial charge in [0.2, 0.25) is 0 Å². The SMILES string of the molecule is O=C(N/N=C\c1c(OCc2ccc(F)cc2)ccc2ccccc12)C(=O)Nc1ccc(F)cc1. The van der Waals surface area contributed by atoms with Gasteiger partial charge in [-0.2, -0.15) is 5.10 Å². The van der Waals surface area contributed by atoms with E-state index in [2.05, 4.69) is 15.8 Å². The van der Waals surface area contributed by atoms with Crippen LogP contribution >= 0.6 is 0 Å². The topological polar surface area (TPSA) is 79.8 Å². The maximum atomic E-state index is 13.2. The molecule has 0 spiro atoms. The van der Waals surface area contributed by atoms with Crippen LogP contribution in [0.2, 0.25) is 0 Å². The van der Waals surface area contributed by atoms with E-state index in [-0.39, 0.29) is 18.1 Å². The summed E-state index contributed by atoms with van der Waals surface area (Å²) in [6.45, 7) is 0.200. The number of fused-ring (bicyclic) bond motifs is 1. The normalized spacial score (nSPS) is 10.9. The number of hydrogen-bond acceptors (Lipinski definition) is 4. The lowest BCUT2D eigenvalue weighted by molar-refractivity contribution is -0.136. The van der Waals surface area contributed by atoms with Crippen molar-refractivity contribution in [1.29, 1.82) is 0 Å². The molecule has 0 aliphatic heterocycles. The van der Waals surface area contributed by atoms with Crippen molar-refractivity contribution in [1.82, 2.24) is 5.43 Å². The van der Waals surface area contributed by atoms with Crippen molar-refractivity contribution in [2.45, 2.75) is 6.61 Å². The van der Waals surface area contributed by atoms with Crippen LogP contribution in [0, 0.1) is 11.6 Å². The van der Waals surface area contributed by atoms with Crippen LogP contribution in [-0.2, 0) is 16.2 Å². The zero-order chi connectivity index (χ0) is 23.9. The summed E-state index contributed by atoms with van der Waals surface area (Å²) in [7, 11) is 0. The monoisotopic (exact) mass is 459 g/mol. The van der Waals surface area contributed by atoms with E-state index in [1.165, 1.54) is 42.6 Å². The summed E-state index contributed by atoms with van der Waals surface area (Å²) in [5, 5.41) is 8.03. The van der Waals surface area contributed by atoms with Gasteiger partial charge in [-0.3, -0.25) is 9.59 Å². The van der Waals surface area contributed by atoms with E-state index in [0.29, 0.717) is 11.3 Å². The highest BCUT2D eigenvalue weighted by Crippen LogP contribution is 2.27. The number of nitrogens with one attached hydrogen (secondary N) is 2. The van der Waals surface area contributed by atoms with Gasteiger partial charge in [0.25, 0.3) is 0 Å². The van der Waals surface area contributed by atoms with Gasteiger partial charge in [0, 0.05) is 11.3 Å². The van der Waals surface area contributed by atoms with E-state index in [0.717, 1.165) is 16.3 Å². The van der Waals surface area contributed by atoms with Crippen molar-refractivity contribution < 1.29 is 23.1 Å². The Morgan fingerprint density at radius 3 is 2.24 bits per heavy atom. The van der Waals surface area contributed by atoms with Crippen LogP contribution in [0.3, 0.4) is 0 Å². The van der Waals surface area contributed by atoms with E-state index >= 15 is 0 Å². The van der Waals surface area contributed by atoms with Gasteiger partial charge in [-0.1, -0.05) is 42.5 Å². The molecule has 4 aromatic rings. The number of amides is 2. The molecule has 8 heteroatoms. The number of benzene rings is 4. The second-order valence-electron chi connectivity index (χ2n) is 7.27. The highest BCUT2D eigenvalue weighted by Gasteiger charge is 2.13. The molecular formula is C26H19F2N3O3. The Kier molecular flexibility index (Phi) is 6.88. The smallest absolute Gasteiger partial charge is 0.329 e. The number of ether oxygens (including phenoxy) is 1. The zero-order valence-corrected chi connectivity index (χ0v) is 17.8. The van der Waals surface area contributed by atoms with E-state index in [4.69, 9.17) is 4.74 Å². The van der Waals surface area contributed by atoms with Crippen molar-refractivity contribution in [3.05, 3.63) is 108 Å². The predicted octanol–water partition coefficient (Wildman–Crippen LogP) is 4.79. The van der Waals surface area contributed by atoms with Crippen molar-refractivity contribution in [2.24, 2.45) is 5.10 Å². The molecule has 0 aliphatic carbocycles. The first kappa shape index (κ1) is 22.6. The summed E-state index contributed by atoms with van der Waals surface area (Å²) in [6, 6.07) is 22.2. The Morgan fingerprint density at radius 1 is 0.824 bits per heavy atom. The number of hydrazone groups is 1. The summed E-state index contributed by atoms with van der Waals surface area (Å²) >= 11 is 0. The first-order valence-electron chi connectivity index (χ1n) is 10.3. The van der Waals surface area contributed by atoms with Gasteiger partial charge in [-0.15, -0.1) is 0 Å². The first-order chi connectivity index (χ1) is 16.5. The molecule has 0 atom stereocenters. The standard InChI is InChI=1S/C26H19F2N3O3/c27-19-8-5-17(6-9-19)16-34-24-14-7-18-3-1-2-4-22(18)23(24)15-29-31-26(33)25(32)30-21-12-10-20(28)11-13-21/h1-15H,16H2,(H,30,32)(H,31,33)/b29-15-. The summed E-state index contributed by atoms with van der Waals surface area (Å²) in [6.07, 6.45) is 1.39. The van der Waals surface area contributed by atoms with Crippen LogP contribution in [0.4, 0.5) is 14.5 Å². The molecule has 0 radical (unpaired) electrons. The second kappa shape index (κ2) is 10.4. The Hall–Kier alpha value is -4.59. The first-order valence-corrected chi connectivity index (χ1v) is 10.3. The fraction of sp³-hybridized carbons (Fsp3) is 0.0385. The van der Waals surface area contributed by atoms with Crippen LogP contribution in [0.15, 0.2) is 90.0 Å². The average Bonchev–Trinajstić information content (AvgIpc) is 2.85. The zero-order valence-electron chi connectivity index (χ0n) is 17.8. The van der Waals surface area contributed by atoms with Gasteiger partial charge in [-0.05, 0) is 58.8 Å². The quantitative estimate of drug-likeness (QED) is 0.247. The molecule has 0 unspecified atom stereocenters. The van der Waals surface area contributed by atoms with Crippen LogP contribution in [-0.4, -0.2) is 18.0 Å². The summed E-state index contributed by atoms with van der Waals surface area (Å²) < 4.78 is 32.1. The van der Waals surface area contributed by atoms with E-state index < -0.39 is 17.6 Å². The molecule has 2 N–H and O–H groups in total. The van der Waals surface area contributed by atoms with Crippen LogP contribution in [0.25, 0.3) is 10.8 Å². The van der Waals surface area contributed by atoms with Crippen molar-refractivity contribution in [3.8, 4) is 5.75 Å². The number of carbonyl (C=O) groups excluding carboxylic acids is 2. The minimum absolute atomic E-state index is 0.200. The molecule has 0 bridgehead atoms. The minimum atomic E-state index is -0.991. The highest BCUT2D eigenvalue weighted by molar-refractivity contribution is 6.39. The second-order valence-corrected chi connectivity index (χ2v) is 7.27. The Labute approximate surface area is 193 Å². The Balaban J connectivity index is 1.49. The van der Waals surface area contributed by atoms with Gasteiger partial charge in [-0.25, -0.2) is 14.2 Å². The molecule has 170 valence electrons. The van der Waals surface area contributed by atoms with Gasteiger partial charge in [0.1, 0.15) is 24.0 Å². The molecule has 2 amide bonds. The Bertz CT molecular complexity index is 1350. The number of carbonyl (C=O) groups is 2. The summed E-state index contributed by atoms with van der Waals surface area (Å²) in [5.41, 5.74) is 3.83. The molecular weight excluding hydrogens is 440 g/mol. The molecule has 0 saturated heterocycles. The molecule has 0 heterocycles. The van der Waals surface area contributed by atoms with Crippen molar-refractivity contribution in [2.75, 3.05) is 5.32 Å². The van der Waals surface area contributed by atoms with E-state index in [1.54, 1.807) is 18.2 Å². The Morgan fingerprint density at radius 2 is 1.50 bits per heavy atom. The lowest BCUT2D eigenvalue weighted by atomic mass is 10.0. The van der Waals surface area contributed by atoms with Gasteiger partial charge < -0.3 is 10.1 Å². The maximum absolute atomic E-state index is 13.2. The highest BCUT2D eigenvalue weighted by atomic mass is 19.1. The third-order valence-corrected chi connectivity index (χ3v) is 4.91. The average molecular weight is 459 g/mol. The van der Waals surface area contributed by atoms with E-state index in [1.807, 2.05) is 30.3 Å². The van der Waals surface area contributed by atoms with Gasteiger partial charge >= 0.3 is 11.8 Å². The molecule has 4 aromatic carbocycles. The maximum Gasteiger partial charge on any atom is 0.329 e.